The van der Waals surface area contributed by atoms with Crippen LogP contribution in [0.3, 0.4) is 0 Å². The molecule has 3 rings (SSSR count). The fraction of sp³-hybridized carbons (Fsp3) is 0.350. The first-order chi connectivity index (χ1) is 12.5. The van der Waals surface area contributed by atoms with Crippen LogP contribution in [0.5, 0.6) is 0 Å². The Hall–Kier alpha value is -3.09. The Morgan fingerprint density at radius 2 is 1.88 bits per heavy atom. The number of esters is 1. The predicted molar refractivity (Wildman–Crippen MR) is 94.7 cm³/mol. The topological polar surface area (TPSA) is 90.8 Å². The van der Waals surface area contributed by atoms with Crippen molar-refractivity contribution in [1.29, 1.82) is 10.5 Å². The molecule has 0 spiro atoms. The molecule has 26 heavy (non-hydrogen) atoms. The number of nitrogens with zero attached hydrogens (tertiary/aromatic N) is 3. The van der Waals surface area contributed by atoms with Gasteiger partial charge in [-0.3, -0.25) is 10.1 Å². The molecule has 0 unspecified atom stereocenters. The normalized spacial score (nSPS) is 23.8. The summed E-state index contributed by atoms with van der Waals surface area (Å²) in [4.78, 5) is 12.5. The van der Waals surface area contributed by atoms with Crippen molar-refractivity contribution in [3.8, 4) is 12.1 Å². The molecule has 6 heteroatoms. The number of methoxy groups -OCH3 is 1. The first-order valence-electron chi connectivity index (χ1n) is 8.32. The average molecular weight is 348 g/mol. The molecule has 1 aliphatic rings. The highest BCUT2D eigenvalue weighted by Crippen LogP contribution is 2.52. The predicted octanol–water partition coefficient (Wildman–Crippen LogP) is 2.34. The highest BCUT2D eigenvalue weighted by atomic mass is 16.5. The van der Waals surface area contributed by atoms with Gasteiger partial charge in [0.1, 0.15) is 6.04 Å². The zero-order chi connectivity index (χ0) is 18.9. The number of carbonyl (C=O) groups is 1. The van der Waals surface area contributed by atoms with Crippen LogP contribution in [0, 0.1) is 35.0 Å². The molecular weight excluding hydrogens is 328 g/mol. The molecule has 0 radical (unpaired) electrons. The minimum atomic E-state index is -1.44. The fourth-order valence-corrected chi connectivity index (χ4v) is 3.79. The maximum absolute atomic E-state index is 12.5. The molecule has 2 aromatic rings. The summed E-state index contributed by atoms with van der Waals surface area (Å²) in [5.74, 6) is -1.14. The van der Waals surface area contributed by atoms with E-state index in [1.165, 1.54) is 7.11 Å². The number of nitrogens with one attached hydrogen (secondary N) is 1. The van der Waals surface area contributed by atoms with Gasteiger partial charge in [-0.15, -0.1) is 0 Å². The lowest BCUT2D eigenvalue weighted by molar-refractivity contribution is -0.143. The van der Waals surface area contributed by atoms with Gasteiger partial charge < -0.3 is 9.30 Å². The smallest absolute Gasteiger partial charge is 0.323 e. The van der Waals surface area contributed by atoms with Crippen molar-refractivity contribution >= 4 is 5.97 Å². The molecule has 1 fully saturated rings. The first kappa shape index (κ1) is 17.7. The van der Waals surface area contributed by atoms with Crippen molar-refractivity contribution < 1.29 is 9.53 Å². The summed E-state index contributed by atoms with van der Waals surface area (Å²) in [5, 5.41) is 23.3. The average Bonchev–Trinajstić information content (AvgIpc) is 3.22. The molecule has 1 saturated heterocycles. The standard InChI is InChI=1S/C20H20N4O2/c1-13-6-8-14(9-7-13)18-20(11-21,12-22)16(15-5-4-10-24(15)2)17(23-18)19(25)26-3/h4-10,16-18,23H,1-3H3/t16-,17+,18-/m0/s1. The summed E-state index contributed by atoms with van der Waals surface area (Å²) in [6, 6.07) is 14.3. The van der Waals surface area contributed by atoms with E-state index in [0.29, 0.717) is 0 Å². The number of benzene rings is 1. The molecule has 1 N–H and O–H groups in total. The molecule has 0 bridgehead atoms. The van der Waals surface area contributed by atoms with Gasteiger partial charge in [-0.2, -0.15) is 10.5 Å². The molecular formula is C20H20N4O2. The van der Waals surface area contributed by atoms with Gasteiger partial charge in [-0.05, 0) is 24.6 Å². The van der Waals surface area contributed by atoms with Crippen molar-refractivity contribution in [3.05, 3.63) is 59.4 Å². The maximum atomic E-state index is 12.5. The Bertz CT molecular complexity index is 887. The minimum Gasteiger partial charge on any atom is -0.468 e. The number of hydrogen-bond donors (Lipinski definition) is 1. The number of nitriles is 2. The van der Waals surface area contributed by atoms with Gasteiger partial charge in [0.25, 0.3) is 0 Å². The number of hydrogen-bond acceptors (Lipinski definition) is 5. The van der Waals surface area contributed by atoms with E-state index in [1.807, 2.05) is 61.1 Å². The molecule has 3 atom stereocenters. The highest BCUT2D eigenvalue weighted by molar-refractivity contribution is 5.79. The van der Waals surface area contributed by atoms with Crippen molar-refractivity contribution in [2.75, 3.05) is 7.11 Å². The van der Waals surface area contributed by atoms with E-state index in [4.69, 9.17) is 4.74 Å². The van der Waals surface area contributed by atoms with E-state index >= 15 is 0 Å². The number of aryl methyl sites for hydroxylation is 2. The molecule has 6 nitrogen and oxygen atoms in total. The largest absolute Gasteiger partial charge is 0.468 e. The molecule has 1 aliphatic heterocycles. The number of aromatic nitrogens is 1. The maximum Gasteiger partial charge on any atom is 0.323 e. The third-order valence-corrected chi connectivity index (χ3v) is 5.16. The minimum absolute atomic E-state index is 0.485. The van der Waals surface area contributed by atoms with Crippen LogP contribution in [-0.4, -0.2) is 23.7 Å². The van der Waals surface area contributed by atoms with Crippen molar-refractivity contribution in [3.63, 3.8) is 0 Å². The summed E-state index contributed by atoms with van der Waals surface area (Å²) < 4.78 is 6.79. The molecule has 0 saturated carbocycles. The van der Waals surface area contributed by atoms with Crippen LogP contribution in [0.2, 0.25) is 0 Å². The first-order valence-corrected chi connectivity index (χ1v) is 8.32. The summed E-state index contributed by atoms with van der Waals surface area (Å²) in [5.41, 5.74) is 1.17. The van der Waals surface area contributed by atoms with Gasteiger partial charge in [0.05, 0.1) is 31.2 Å². The summed E-state index contributed by atoms with van der Waals surface area (Å²) in [7, 11) is 3.15. The second kappa shape index (κ2) is 6.67. The Morgan fingerprint density at radius 3 is 2.38 bits per heavy atom. The van der Waals surface area contributed by atoms with Crippen LogP contribution in [0.25, 0.3) is 0 Å². The van der Waals surface area contributed by atoms with Gasteiger partial charge >= 0.3 is 5.97 Å². The zero-order valence-electron chi connectivity index (χ0n) is 14.9. The lowest BCUT2D eigenvalue weighted by atomic mass is 9.70. The lowest BCUT2D eigenvalue weighted by Crippen LogP contribution is -2.37. The van der Waals surface area contributed by atoms with Crippen LogP contribution >= 0.6 is 0 Å². The summed E-state index contributed by atoms with van der Waals surface area (Å²) >= 11 is 0. The Kier molecular flexibility index (Phi) is 4.54. The van der Waals surface area contributed by atoms with Gasteiger partial charge in [-0.25, -0.2) is 0 Å². The highest BCUT2D eigenvalue weighted by Gasteiger charge is 2.60. The van der Waals surface area contributed by atoms with Crippen molar-refractivity contribution in [2.24, 2.45) is 12.5 Å². The van der Waals surface area contributed by atoms with E-state index in [2.05, 4.69) is 17.5 Å². The van der Waals surface area contributed by atoms with E-state index in [9.17, 15) is 15.3 Å². The summed E-state index contributed by atoms with van der Waals surface area (Å²) in [6.45, 7) is 1.97. The van der Waals surface area contributed by atoms with Gasteiger partial charge in [0.15, 0.2) is 5.41 Å². The summed E-state index contributed by atoms with van der Waals surface area (Å²) in [6.07, 6.45) is 1.84. The second-order valence-electron chi connectivity index (χ2n) is 6.63. The lowest BCUT2D eigenvalue weighted by Gasteiger charge is -2.27. The SMILES string of the molecule is COC(=O)[C@@H]1N[C@@H](c2ccc(C)cc2)C(C#N)(C#N)[C@H]1c1cccn1C. The third-order valence-electron chi connectivity index (χ3n) is 5.16. The third kappa shape index (κ3) is 2.56. The fourth-order valence-electron chi connectivity index (χ4n) is 3.79. The van der Waals surface area contributed by atoms with Gasteiger partial charge in [0.2, 0.25) is 0 Å². The number of ether oxygens (including phenoxy) is 1. The zero-order valence-corrected chi connectivity index (χ0v) is 14.9. The molecule has 0 aliphatic carbocycles. The van der Waals surface area contributed by atoms with Crippen LogP contribution in [0.1, 0.15) is 28.8 Å². The van der Waals surface area contributed by atoms with Crippen molar-refractivity contribution in [2.45, 2.75) is 24.9 Å². The quantitative estimate of drug-likeness (QED) is 0.860. The Morgan fingerprint density at radius 1 is 1.23 bits per heavy atom. The van der Waals surface area contributed by atoms with Crippen LogP contribution in [0.4, 0.5) is 0 Å². The number of rotatable bonds is 3. The van der Waals surface area contributed by atoms with E-state index in [1.54, 1.807) is 0 Å². The van der Waals surface area contributed by atoms with Gasteiger partial charge in [0, 0.05) is 18.9 Å². The van der Waals surface area contributed by atoms with Crippen LogP contribution < -0.4 is 5.32 Å². The molecule has 2 heterocycles. The molecule has 0 amide bonds. The number of carbonyl (C=O) groups excluding carboxylic acids is 1. The van der Waals surface area contributed by atoms with E-state index in [0.717, 1.165) is 16.8 Å². The Balaban J connectivity index is 2.20. The van der Waals surface area contributed by atoms with Crippen LogP contribution in [0.15, 0.2) is 42.6 Å². The molecule has 1 aromatic carbocycles. The monoisotopic (exact) mass is 348 g/mol. The van der Waals surface area contributed by atoms with Crippen LogP contribution in [-0.2, 0) is 16.6 Å². The van der Waals surface area contributed by atoms with Crippen molar-refractivity contribution in [1.82, 2.24) is 9.88 Å². The van der Waals surface area contributed by atoms with E-state index < -0.39 is 29.4 Å². The Labute approximate surface area is 152 Å². The molecule has 132 valence electrons. The van der Waals surface area contributed by atoms with Gasteiger partial charge in [-0.1, -0.05) is 29.8 Å². The second-order valence-corrected chi connectivity index (χ2v) is 6.63. The molecule has 1 aromatic heterocycles. The van der Waals surface area contributed by atoms with E-state index in [-0.39, 0.29) is 0 Å².